The van der Waals surface area contributed by atoms with Crippen LogP contribution in [0.1, 0.15) is 55.3 Å². The van der Waals surface area contributed by atoms with Gasteiger partial charge in [-0.3, -0.25) is 14.4 Å². The van der Waals surface area contributed by atoms with Crippen LogP contribution >= 0.6 is 0 Å². The highest BCUT2D eigenvalue weighted by atomic mass is 16.5. The number of likely N-dealkylation sites (tertiary alicyclic amines) is 2. The van der Waals surface area contributed by atoms with Gasteiger partial charge in [-0.2, -0.15) is 0 Å². The Morgan fingerprint density at radius 3 is 2.49 bits per heavy atom. The highest BCUT2D eigenvalue weighted by Gasteiger charge is 2.39. The highest BCUT2D eigenvalue weighted by Crippen LogP contribution is 2.35. The average molecular weight is 477 g/mol. The largest absolute Gasteiger partial charge is 0.466 e. The molecule has 2 saturated heterocycles. The third-order valence-electron chi connectivity index (χ3n) is 7.23. The molecule has 0 aromatic heterocycles. The van der Waals surface area contributed by atoms with Crippen molar-refractivity contribution in [3.05, 3.63) is 71.3 Å². The van der Waals surface area contributed by atoms with E-state index in [0.29, 0.717) is 32.7 Å². The van der Waals surface area contributed by atoms with Crippen LogP contribution in [0.3, 0.4) is 0 Å². The van der Waals surface area contributed by atoms with Crippen LogP contribution in [0.25, 0.3) is 0 Å². The van der Waals surface area contributed by atoms with Crippen LogP contribution in [-0.4, -0.2) is 53.8 Å². The van der Waals surface area contributed by atoms with Crippen molar-refractivity contribution < 1.29 is 19.1 Å². The minimum absolute atomic E-state index is 0.0381. The molecule has 4 rings (SSSR count). The lowest BCUT2D eigenvalue weighted by molar-refractivity contribution is -0.152. The standard InChI is InChI=1S/C29H36N2O4/c1-3-35-29(34)25-13-8-16-30(19-25)28(33)24-14-15-26(23-12-7-9-21(2)17-23)31(20-24)27(32)18-22-10-5-4-6-11-22/h4-7,9-12,17,24-26H,3,8,13-16,18-20H2,1-2H3/t24-,25-,26+/m1/s1. The van der Waals surface area contributed by atoms with Gasteiger partial charge in [0.2, 0.25) is 11.8 Å². The van der Waals surface area contributed by atoms with E-state index in [4.69, 9.17) is 4.74 Å². The highest BCUT2D eigenvalue weighted by molar-refractivity contribution is 5.83. The van der Waals surface area contributed by atoms with E-state index in [1.807, 2.05) is 46.2 Å². The molecule has 0 aliphatic carbocycles. The molecule has 35 heavy (non-hydrogen) atoms. The summed E-state index contributed by atoms with van der Waals surface area (Å²) in [6, 6.07) is 18.0. The Bertz CT molecular complexity index is 1040. The van der Waals surface area contributed by atoms with Crippen LogP contribution in [0.4, 0.5) is 0 Å². The first-order valence-corrected chi connectivity index (χ1v) is 12.8. The van der Waals surface area contributed by atoms with E-state index in [1.165, 1.54) is 0 Å². The molecule has 0 unspecified atom stereocenters. The Labute approximate surface area is 208 Å². The molecule has 6 nitrogen and oxygen atoms in total. The van der Waals surface area contributed by atoms with Crippen molar-refractivity contribution in [2.24, 2.45) is 11.8 Å². The molecule has 3 atom stereocenters. The van der Waals surface area contributed by atoms with E-state index < -0.39 is 0 Å². The van der Waals surface area contributed by atoms with Gasteiger partial charge in [-0.15, -0.1) is 0 Å². The van der Waals surface area contributed by atoms with E-state index in [9.17, 15) is 14.4 Å². The predicted molar refractivity (Wildman–Crippen MR) is 134 cm³/mol. The molecule has 2 amide bonds. The number of esters is 1. The Hall–Kier alpha value is -3.15. The minimum Gasteiger partial charge on any atom is -0.466 e. The first kappa shape index (κ1) is 25.0. The van der Waals surface area contributed by atoms with E-state index in [-0.39, 0.29) is 35.7 Å². The maximum absolute atomic E-state index is 13.5. The van der Waals surface area contributed by atoms with Crippen molar-refractivity contribution >= 4 is 17.8 Å². The molecule has 2 fully saturated rings. The number of nitrogens with zero attached hydrogens (tertiary/aromatic N) is 2. The molecule has 186 valence electrons. The molecule has 2 aromatic carbocycles. The zero-order valence-electron chi connectivity index (χ0n) is 20.8. The van der Waals surface area contributed by atoms with E-state index in [1.54, 1.807) is 6.92 Å². The molecule has 2 heterocycles. The van der Waals surface area contributed by atoms with Crippen molar-refractivity contribution in [1.82, 2.24) is 9.80 Å². The summed E-state index contributed by atoms with van der Waals surface area (Å²) in [5.74, 6) is -0.626. The zero-order chi connectivity index (χ0) is 24.8. The van der Waals surface area contributed by atoms with Crippen molar-refractivity contribution in [2.45, 2.75) is 52.0 Å². The Balaban J connectivity index is 1.51. The van der Waals surface area contributed by atoms with E-state index in [0.717, 1.165) is 42.4 Å². The van der Waals surface area contributed by atoms with Crippen LogP contribution < -0.4 is 0 Å². The van der Waals surface area contributed by atoms with Crippen LogP contribution in [0.5, 0.6) is 0 Å². The summed E-state index contributed by atoms with van der Waals surface area (Å²) in [4.78, 5) is 43.1. The topological polar surface area (TPSA) is 66.9 Å². The molecule has 0 radical (unpaired) electrons. The molecule has 2 aromatic rings. The molecule has 0 saturated carbocycles. The Morgan fingerprint density at radius 2 is 1.74 bits per heavy atom. The molecular formula is C29H36N2O4. The summed E-state index contributed by atoms with van der Waals surface area (Å²) in [6.45, 7) is 5.69. The average Bonchev–Trinajstić information content (AvgIpc) is 2.88. The Kier molecular flexibility index (Phi) is 8.21. The second kappa shape index (κ2) is 11.5. The first-order valence-electron chi connectivity index (χ1n) is 12.8. The smallest absolute Gasteiger partial charge is 0.310 e. The maximum Gasteiger partial charge on any atom is 0.310 e. The fourth-order valence-corrected chi connectivity index (χ4v) is 5.43. The van der Waals surface area contributed by atoms with Crippen LogP contribution in [0.2, 0.25) is 0 Å². The van der Waals surface area contributed by atoms with E-state index >= 15 is 0 Å². The van der Waals surface area contributed by atoms with Gasteiger partial charge in [0.25, 0.3) is 0 Å². The number of piperidine rings is 2. The summed E-state index contributed by atoms with van der Waals surface area (Å²) in [5.41, 5.74) is 3.26. The molecule has 2 aliphatic rings. The van der Waals surface area contributed by atoms with Gasteiger partial charge in [0.1, 0.15) is 0 Å². The zero-order valence-corrected chi connectivity index (χ0v) is 20.8. The van der Waals surface area contributed by atoms with Gasteiger partial charge >= 0.3 is 5.97 Å². The molecule has 2 aliphatic heterocycles. The van der Waals surface area contributed by atoms with Gasteiger partial charge in [0.15, 0.2) is 0 Å². The van der Waals surface area contributed by atoms with Gasteiger partial charge in [-0.25, -0.2) is 0 Å². The molecule has 0 N–H and O–H groups in total. The SMILES string of the molecule is CCOC(=O)[C@@H]1CCCN(C(=O)[C@@H]2CC[C@@H](c3cccc(C)c3)N(C(=O)Cc3ccccc3)C2)C1. The van der Waals surface area contributed by atoms with Crippen LogP contribution in [-0.2, 0) is 25.5 Å². The molecular weight excluding hydrogens is 440 g/mol. The summed E-state index contributed by atoms with van der Waals surface area (Å²) in [6.07, 6.45) is 3.34. The lowest BCUT2D eigenvalue weighted by atomic mass is 9.86. The van der Waals surface area contributed by atoms with Gasteiger partial charge in [0.05, 0.1) is 30.9 Å². The third kappa shape index (κ3) is 6.11. The second-order valence-corrected chi connectivity index (χ2v) is 9.79. The quantitative estimate of drug-likeness (QED) is 0.583. The van der Waals surface area contributed by atoms with Gasteiger partial charge in [-0.05, 0) is 50.7 Å². The minimum atomic E-state index is -0.257. The number of aryl methyl sites for hydroxylation is 1. The van der Waals surface area contributed by atoms with Gasteiger partial charge < -0.3 is 14.5 Å². The maximum atomic E-state index is 13.5. The number of carbonyl (C=O) groups is 3. The fourth-order valence-electron chi connectivity index (χ4n) is 5.43. The van der Waals surface area contributed by atoms with Crippen molar-refractivity contribution in [2.75, 3.05) is 26.2 Å². The van der Waals surface area contributed by atoms with Crippen LogP contribution in [0, 0.1) is 18.8 Å². The predicted octanol–water partition coefficient (Wildman–Crippen LogP) is 4.32. The lowest BCUT2D eigenvalue weighted by Gasteiger charge is -2.42. The van der Waals surface area contributed by atoms with E-state index in [2.05, 4.69) is 25.1 Å². The number of hydrogen-bond donors (Lipinski definition) is 0. The number of hydrogen-bond acceptors (Lipinski definition) is 4. The van der Waals surface area contributed by atoms with Crippen molar-refractivity contribution in [1.29, 1.82) is 0 Å². The monoisotopic (exact) mass is 476 g/mol. The number of ether oxygens (including phenoxy) is 1. The summed E-state index contributed by atoms with van der Waals surface area (Å²) in [5, 5.41) is 0. The number of benzene rings is 2. The normalized spacial score (nSPS) is 22.5. The third-order valence-corrected chi connectivity index (χ3v) is 7.23. The van der Waals surface area contributed by atoms with Gasteiger partial charge in [0, 0.05) is 19.6 Å². The summed E-state index contributed by atoms with van der Waals surface area (Å²) < 4.78 is 5.20. The number of amides is 2. The first-order chi connectivity index (χ1) is 17.0. The summed E-state index contributed by atoms with van der Waals surface area (Å²) in [7, 11) is 0. The van der Waals surface area contributed by atoms with Crippen molar-refractivity contribution in [3.63, 3.8) is 0 Å². The van der Waals surface area contributed by atoms with Crippen LogP contribution in [0.15, 0.2) is 54.6 Å². The molecule has 0 spiro atoms. The fraction of sp³-hybridized carbons (Fsp3) is 0.483. The number of rotatable bonds is 6. The number of carbonyl (C=O) groups excluding carboxylic acids is 3. The molecule has 0 bridgehead atoms. The lowest BCUT2D eigenvalue weighted by Crippen LogP contribution is -2.51. The Morgan fingerprint density at radius 1 is 0.943 bits per heavy atom. The molecule has 6 heteroatoms. The van der Waals surface area contributed by atoms with Gasteiger partial charge in [-0.1, -0.05) is 60.2 Å². The van der Waals surface area contributed by atoms with Crippen molar-refractivity contribution in [3.8, 4) is 0 Å². The summed E-state index contributed by atoms with van der Waals surface area (Å²) >= 11 is 0. The second-order valence-electron chi connectivity index (χ2n) is 9.79.